The van der Waals surface area contributed by atoms with Gasteiger partial charge in [-0.05, 0) is 25.0 Å². The van der Waals surface area contributed by atoms with Gasteiger partial charge < -0.3 is 0 Å². The predicted molar refractivity (Wildman–Crippen MR) is 75.7 cm³/mol. The van der Waals surface area contributed by atoms with Crippen molar-refractivity contribution in [2.45, 2.75) is 24.1 Å². The smallest absolute Gasteiger partial charge is 0.230 e. The molecule has 0 amide bonds. The molecule has 1 aromatic rings. The number of carbonyl (C=O) groups excluding carboxylic acids is 2. The summed E-state index contributed by atoms with van der Waals surface area (Å²) in [6.45, 7) is 0. The zero-order valence-electron chi connectivity index (χ0n) is 9.53. The average molecular weight is 373 g/mol. The highest BCUT2D eigenvalue weighted by Crippen LogP contribution is 2.20. The molecule has 0 aliphatic carbocycles. The Labute approximate surface area is 122 Å². The van der Waals surface area contributed by atoms with Crippen molar-refractivity contribution in [2.75, 3.05) is 0 Å². The third-order valence-corrected chi connectivity index (χ3v) is 3.94. The van der Waals surface area contributed by atoms with Crippen molar-refractivity contribution in [2.24, 2.45) is 0 Å². The van der Waals surface area contributed by atoms with E-state index in [1.807, 2.05) is 6.07 Å². The van der Waals surface area contributed by atoms with Gasteiger partial charge >= 0.3 is 0 Å². The molecule has 0 aromatic heterocycles. The molecular weight excluding hydrogens is 362 g/mol. The number of Topliss-reactive ketones (excluding diaryl/α,β-unsaturated/α-hetero) is 2. The number of ketones is 2. The van der Waals surface area contributed by atoms with Crippen molar-refractivity contribution in [1.82, 2.24) is 0 Å². The summed E-state index contributed by atoms with van der Waals surface area (Å²) in [4.78, 5) is 23.3. The quantitative estimate of drug-likeness (QED) is 0.331. The van der Waals surface area contributed by atoms with E-state index in [4.69, 9.17) is 5.26 Å². The Morgan fingerprint density at radius 3 is 2.61 bits per heavy atom. The molecule has 1 atom stereocenters. The first-order chi connectivity index (χ1) is 8.57. The van der Waals surface area contributed by atoms with Crippen LogP contribution >= 0.6 is 31.9 Å². The Bertz CT molecular complexity index is 494. The standard InChI is InChI=1S/C13H11Br2NO2/c14-10-6-2-1-5-9(10)12(17)13(18)11(15)7-3-4-8-16/h1-2,5-6,11H,3-4,7H2. The Kier molecular flexibility index (Phi) is 6.23. The molecule has 0 spiro atoms. The van der Waals surface area contributed by atoms with Crippen molar-refractivity contribution in [3.8, 4) is 6.07 Å². The molecule has 0 saturated carbocycles. The highest BCUT2D eigenvalue weighted by atomic mass is 79.9. The molecule has 1 rings (SSSR count). The van der Waals surface area contributed by atoms with Gasteiger partial charge in [-0.25, -0.2) is 0 Å². The molecule has 94 valence electrons. The summed E-state index contributed by atoms with van der Waals surface area (Å²) in [7, 11) is 0. The first kappa shape index (κ1) is 15.1. The second-order valence-corrected chi connectivity index (χ2v) is 5.65. The van der Waals surface area contributed by atoms with Crippen LogP contribution in [-0.2, 0) is 4.79 Å². The summed E-state index contributed by atoms with van der Waals surface area (Å²) in [5.41, 5.74) is 0.368. The minimum atomic E-state index is -0.523. The van der Waals surface area contributed by atoms with Crippen LogP contribution in [0.2, 0.25) is 0 Å². The van der Waals surface area contributed by atoms with E-state index < -0.39 is 16.4 Å². The van der Waals surface area contributed by atoms with E-state index in [9.17, 15) is 9.59 Å². The molecule has 5 heteroatoms. The number of hydrogen-bond donors (Lipinski definition) is 0. The zero-order chi connectivity index (χ0) is 13.5. The van der Waals surface area contributed by atoms with Crippen molar-refractivity contribution in [1.29, 1.82) is 5.26 Å². The van der Waals surface area contributed by atoms with Gasteiger partial charge in [-0.15, -0.1) is 0 Å². The van der Waals surface area contributed by atoms with Crippen LogP contribution < -0.4 is 0 Å². The lowest BCUT2D eigenvalue weighted by molar-refractivity contribution is -0.114. The minimum Gasteiger partial charge on any atom is -0.289 e. The Morgan fingerprint density at radius 1 is 1.33 bits per heavy atom. The van der Waals surface area contributed by atoms with Crippen LogP contribution in [0.3, 0.4) is 0 Å². The highest BCUT2D eigenvalue weighted by Gasteiger charge is 2.24. The Morgan fingerprint density at radius 2 is 2.00 bits per heavy atom. The van der Waals surface area contributed by atoms with Crippen molar-refractivity contribution >= 4 is 43.4 Å². The fourth-order valence-corrected chi connectivity index (χ4v) is 2.41. The first-order valence-corrected chi connectivity index (χ1v) is 7.13. The van der Waals surface area contributed by atoms with E-state index in [2.05, 4.69) is 31.9 Å². The topological polar surface area (TPSA) is 57.9 Å². The predicted octanol–water partition coefficient (Wildman–Crippen LogP) is 3.66. The zero-order valence-corrected chi connectivity index (χ0v) is 12.7. The lowest BCUT2D eigenvalue weighted by atomic mass is 10.0. The average Bonchev–Trinajstić information content (AvgIpc) is 2.38. The van der Waals surface area contributed by atoms with Crippen LogP contribution in [0.15, 0.2) is 28.7 Å². The van der Waals surface area contributed by atoms with Gasteiger partial charge in [0.25, 0.3) is 0 Å². The number of unbranched alkanes of at least 4 members (excludes halogenated alkanes) is 1. The van der Waals surface area contributed by atoms with Gasteiger partial charge in [0.15, 0.2) is 0 Å². The molecule has 1 unspecified atom stereocenters. The molecule has 1 aromatic carbocycles. The number of carbonyl (C=O) groups is 2. The number of nitrogens with zero attached hydrogens (tertiary/aromatic N) is 1. The summed E-state index contributed by atoms with van der Waals surface area (Å²) in [6, 6.07) is 8.83. The van der Waals surface area contributed by atoms with E-state index in [0.717, 1.165) is 0 Å². The van der Waals surface area contributed by atoms with Gasteiger partial charge in [-0.3, -0.25) is 9.59 Å². The van der Waals surface area contributed by atoms with Crippen molar-refractivity contribution in [3.63, 3.8) is 0 Å². The fraction of sp³-hybridized carbons (Fsp3) is 0.308. The normalized spacial score (nSPS) is 11.6. The Balaban J connectivity index is 2.70. The van der Waals surface area contributed by atoms with E-state index in [1.165, 1.54) is 0 Å². The second kappa shape index (κ2) is 7.45. The molecule has 0 bridgehead atoms. The molecule has 0 N–H and O–H groups in total. The molecular formula is C13H11Br2NO2. The van der Waals surface area contributed by atoms with Crippen LogP contribution in [0.1, 0.15) is 29.6 Å². The lowest BCUT2D eigenvalue weighted by Gasteiger charge is -2.07. The van der Waals surface area contributed by atoms with Gasteiger partial charge in [0.1, 0.15) is 0 Å². The maximum atomic E-state index is 12.0. The summed E-state index contributed by atoms with van der Waals surface area (Å²) in [6.07, 6.45) is 1.47. The van der Waals surface area contributed by atoms with E-state index in [-0.39, 0.29) is 0 Å². The number of nitriles is 1. The van der Waals surface area contributed by atoms with Gasteiger partial charge in [0.2, 0.25) is 11.6 Å². The number of hydrogen-bond acceptors (Lipinski definition) is 3. The molecule has 18 heavy (non-hydrogen) atoms. The number of rotatable bonds is 6. The highest BCUT2D eigenvalue weighted by molar-refractivity contribution is 9.10. The first-order valence-electron chi connectivity index (χ1n) is 5.42. The second-order valence-electron chi connectivity index (χ2n) is 3.69. The fourth-order valence-electron chi connectivity index (χ4n) is 1.41. The van der Waals surface area contributed by atoms with Crippen LogP contribution in [-0.4, -0.2) is 16.4 Å². The Hall–Kier alpha value is -0.990. The summed E-state index contributed by atoms with van der Waals surface area (Å²) >= 11 is 6.45. The van der Waals surface area contributed by atoms with Gasteiger partial charge in [-0.2, -0.15) is 5.26 Å². The van der Waals surface area contributed by atoms with E-state index >= 15 is 0 Å². The van der Waals surface area contributed by atoms with E-state index in [0.29, 0.717) is 29.3 Å². The monoisotopic (exact) mass is 371 g/mol. The van der Waals surface area contributed by atoms with Crippen LogP contribution in [0.25, 0.3) is 0 Å². The molecule has 0 aliphatic heterocycles. The molecule has 0 aliphatic rings. The summed E-state index contributed by atoms with van der Waals surface area (Å²) in [5.74, 6) is -0.985. The number of benzene rings is 1. The van der Waals surface area contributed by atoms with Crippen LogP contribution in [0.5, 0.6) is 0 Å². The van der Waals surface area contributed by atoms with Gasteiger partial charge in [0, 0.05) is 16.5 Å². The number of halogens is 2. The molecule has 0 heterocycles. The summed E-state index contributed by atoms with van der Waals surface area (Å²) in [5, 5.41) is 8.42. The number of alkyl halides is 1. The third-order valence-electron chi connectivity index (χ3n) is 2.37. The largest absolute Gasteiger partial charge is 0.289 e. The molecule has 3 nitrogen and oxygen atoms in total. The maximum absolute atomic E-state index is 12.0. The van der Waals surface area contributed by atoms with Crippen molar-refractivity contribution < 1.29 is 9.59 Å². The lowest BCUT2D eigenvalue weighted by Crippen LogP contribution is -2.24. The van der Waals surface area contributed by atoms with Gasteiger partial charge in [-0.1, -0.05) is 44.0 Å². The molecule has 0 fully saturated rings. The van der Waals surface area contributed by atoms with Crippen LogP contribution in [0, 0.1) is 11.3 Å². The van der Waals surface area contributed by atoms with E-state index in [1.54, 1.807) is 24.3 Å². The van der Waals surface area contributed by atoms with Crippen molar-refractivity contribution in [3.05, 3.63) is 34.3 Å². The van der Waals surface area contributed by atoms with Gasteiger partial charge in [0.05, 0.1) is 10.9 Å². The SMILES string of the molecule is N#CCCCC(Br)C(=O)C(=O)c1ccccc1Br. The molecule has 0 saturated heterocycles. The van der Waals surface area contributed by atoms with Crippen LogP contribution in [0.4, 0.5) is 0 Å². The maximum Gasteiger partial charge on any atom is 0.230 e. The summed E-state index contributed by atoms with van der Waals surface area (Å²) < 4.78 is 0.611. The minimum absolute atomic E-state index is 0.368. The molecule has 0 radical (unpaired) electrons. The third kappa shape index (κ3) is 4.04.